The molecule has 1 aromatic carbocycles. The normalized spacial score (nSPS) is 19.9. The molecule has 0 aromatic heterocycles. The number of primary amides is 1. The fourth-order valence-corrected chi connectivity index (χ4v) is 4.47. The van der Waals surface area contributed by atoms with Gasteiger partial charge in [-0.2, -0.15) is 0 Å². The number of ether oxygens (including phenoxy) is 1. The number of piperidine rings is 1. The Kier molecular flexibility index (Phi) is 9.16. The van der Waals surface area contributed by atoms with Crippen LogP contribution in [-0.4, -0.2) is 86.1 Å². The van der Waals surface area contributed by atoms with Gasteiger partial charge in [0, 0.05) is 64.8 Å². The number of carbonyl (C=O) groups is 1. The monoisotopic (exact) mass is 447 g/mol. The molecule has 0 radical (unpaired) electrons. The van der Waals surface area contributed by atoms with Crippen molar-refractivity contribution in [3.63, 3.8) is 0 Å². The summed E-state index contributed by atoms with van der Waals surface area (Å²) in [5.74, 6) is 0.566. The number of carbonyl (C=O) groups excluding carboxylic acids is 1. The molecular formula is C24H41N5O3. The zero-order valence-corrected chi connectivity index (χ0v) is 20.1. The lowest BCUT2D eigenvalue weighted by atomic mass is 9.90. The van der Waals surface area contributed by atoms with E-state index in [4.69, 9.17) is 15.3 Å². The lowest BCUT2D eigenvalue weighted by molar-refractivity contribution is -0.324. The SMILES string of the molecule is CCCCOc1ccc(N2CCN(N(C)OC3(C(N)=O)CCN(CCC)CC3)CC2)cc1. The highest BCUT2D eigenvalue weighted by molar-refractivity contribution is 5.83. The van der Waals surface area contributed by atoms with Crippen LogP contribution in [0.15, 0.2) is 24.3 Å². The van der Waals surface area contributed by atoms with Gasteiger partial charge in [0.2, 0.25) is 0 Å². The number of hydrazine groups is 1. The maximum atomic E-state index is 12.3. The summed E-state index contributed by atoms with van der Waals surface area (Å²) in [5.41, 5.74) is 6.09. The van der Waals surface area contributed by atoms with Crippen molar-refractivity contribution in [2.75, 3.05) is 64.4 Å². The molecule has 0 bridgehead atoms. The molecule has 3 rings (SSSR count). The molecule has 2 N–H and O–H groups in total. The Labute approximate surface area is 193 Å². The summed E-state index contributed by atoms with van der Waals surface area (Å²) < 4.78 is 5.77. The molecule has 2 heterocycles. The minimum atomic E-state index is -0.913. The molecule has 2 saturated heterocycles. The minimum absolute atomic E-state index is 0.361. The van der Waals surface area contributed by atoms with E-state index in [0.717, 1.165) is 77.4 Å². The maximum absolute atomic E-state index is 12.3. The van der Waals surface area contributed by atoms with Crippen LogP contribution >= 0.6 is 0 Å². The number of rotatable bonds is 11. The third-order valence-electron chi connectivity index (χ3n) is 6.58. The standard InChI is InChI=1S/C24H41N5O3/c1-4-6-20-31-22-9-7-21(8-10-22)28-16-18-29(19-17-28)26(3)32-24(23(25)30)11-14-27(13-5-2)15-12-24/h7-10H,4-6,11-20H2,1-3H3,(H2,25,30). The molecule has 8 nitrogen and oxygen atoms in total. The zero-order valence-electron chi connectivity index (χ0n) is 20.1. The lowest BCUT2D eigenvalue weighted by Crippen LogP contribution is -2.60. The molecule has 8 heteroatoms. The van der Waals surface area contributed by atoms with Gasteiger partial charge in [0.15, 0.2) is 5.60 Å². The second-order valence-electron chi connectivity index (χ2n) is 8.89. The van der Waals surface area contributed by atoms with Gasteiger partial charge in [-0.3, -0.25) is 9.63 Å². The van der Waals surface area contributed by atoms with Crippen molar-refractivity contribution < 1.29 is 14.4 Å². The first-order valence-corrected chi connectivity index (χ1v) is 12.1. The quantitative estimate of drug-likeness (QED) is 0.413. The fourth-order valence-electron chi connectivity index (χ4n) is 4.47. The highest BCUT2D eigenvalue weighted by Gasteiger charge is 2.43. The predicted octanol–water partition coefficient (Wildman–Crippen LogP) is 2.50. The average Bonchev–Trinajstić information content (AvgIpc) is 2.81. The van der Waals surface area contributed by atoms with E-state index < -0.39 is 5.60 Å². The number of benzene rings is 1. The molecule has 32 heavy (non-hydrogen) atoms. The molecular weight excluding hydrogens is 406 g/mol. The van der Waals surface area contributed by atoms with Gasteiger partial charge >= 0.3 is 0 Å². The topological polar surface area (TPSA) is 74.5 Å². The summed E-state index contributed by atoms with van der Waals surface area (Å²) in [7, 11) is 1.89. The smallest absolute Gasteiger partial charge is 0.251 e. The predicted molar refractivity (Wildman–Crippen MR) is 127 cm³/mol. The van der Waals surface area contributed by atoms with Crippen molar-refractivity contribution in [2.24, 2.45) is 5.73 Å². The molecule has 0 aliphatic carbocycles. The van der Waals surface area contributed by atoms with E-state index in [1.165, 1.54) is 5.69 Å². The molecule has 0 unspecified atom stereocenters. The van der Waals surface area contributed by atoms with Crippen molar-refractivity contribution >= 4 is 11.6 Å². The van der Waals surface area contributed by atoms with Crippen LogP contribution in [0.2, 0.25) is 0 Å². The van der Waals surface area contributed by atoms with Crippen LogP contribution in [0.3, 0.4) is 0 Å². The van der Waals surface area contributed by atoms with Gasteiger partial charge in [0.05, 0.1) is 6.61 Å². The van der Waals surface area contributed by atoms with Gasteiger partial charge in [0.25, 0.3) is 5.91 Å². The molecule has 2 aliphatic heterocycles. The molecule has 0 saturated carbocycles. The molecule has 1 aromatic rings. The Morgan fingerprint density at radius 2 is 1.69 bits per heavy atom. The van der Waals surface area contributed by atoms with E-state index >= 15 is 0 Å². The molecule has 0 atom stereocenters. The van der Waals surface area contributed by atoms with Crippen molar-refractivity contribution in [1.82, 2.24) is 15.1 Å². The van der Waals surface area contributed by atoms with E-state index in [-0.39, 0.29) is 5.91 Å². The van der Waals surface area contributed by atoms with Crippen LogP contribution in [0, 0.1) is 0 Å². The number of unbranched alkanes of at least 4 members (excludes halogenated alkanes) is 1. The number of anilines is 1. The molecule has 1 amide bonds. The Balaban J connectivity index is 1.49. The summed E-state index contributed by atoms with van der Waals surface area (Å²) in [6.45, 7) is 11.3. The number of hydroxylamine groups is 1. The number of piperazine rings is 1. The van der Waals surface area contributed by atoms with Gasteiger partial charge in [-0.15, -0.1) is 5.17 Å². The highest BCUT2D eigenvalue weighted by Crippen LogP contribution is 2.28. The molecule has 180 valence electrons. The first kappa shape index (κ1) is 24.8. The van der Waals surface area contributed by atoms with Crippen molar-refractivity contribution in [3.8, 4) is 5.75 Å². The summed E-state index contributed by atoms with van der Waals surface area (Å²) >= 11 is 0. The van der Waals surface area contributed by atoms with Gasteiger partial charge in [-0.1, -0.05) is 20.3 Å². The first-order valence-electron chi connectivity index (χ1n) is 12.1. The molecule has 2 fully saturated rings. The van der Waals surface area contributed by atoms with E-state index in [1.54, 1.807) is 5.17 Å². The van der Waals surface area contributed by atoms with Gasteiger partial charge < -0.3 is 20.3 Å². The summed E-state index contributed by atoms with van der Waals surface area (Å²) in [4.78, 5) is 23.3. The fraction of sp³-hybridized carbons (Fsp3) is 0.708. The number of hydrogen-bond donors (Lipinski definition) is 1. The Bertz CT molecular complexity index is 698. The van der Waals surface area contributed by atoms with Crippen LogP contribution in [0.1, 0.15) is 46.0 Å². The third kappa shape index (κ3) is 6.34. The number of nitrogens with zero attached hydrogens (tertiary/aromatic N) is 4. The van der Waals surface area contributed by atoms with Crippen molar-refractivity contribution in [2.45, 2.75) is 51.6 Å². The zero-order chi connectivity index (χ0) is 23.0. The van der Waals surface area contributed by atoms with E-state index in [9.17, 15) is 4.79 Å². The van der Waals surface area contributed by atoms with Crippen LogP contribution in [-0.2, 0) is 9.63 Å². The van der Waals surface area contributed by atoms with E-state index in [1.807, 2.05) is 19.2 Å². The maximum Gasteiger partial charge on any atom is 0.251 e. The van der Waals surface area contributed by atoms with Crippen LogP contribution in [0.5, 0.6) is 5.75 Å². The molecule has 0 spiro atoms. The number of amides is 1. The number of hydrogen-bond acceptors (Lipinski definition) is 7. The molecule has 2 aliphatic rings. The number of nitrogens with two attached hydrogens (primary N) is 1. The average molecular weight is 448 g/mol. The minimum Gasteiger partial charge on any atom is -0.494 e. The van der Waals surface area contributed by atoms with Gasteiger partial charge in [-0.25, -0.2) is 5.01 Å². The van der Waals surface area contributed by atoms with Gasteiger partial charge in [-0.05, 0) is 43.7 Å². The Hall–Kier alpha value is -1.87. The second kappa shape index (κ2) is 11.8. The van der Waals surface area contributed by atoms with Gasteiger partial charge in [0.1, 0.15) is 5.75 Å². The first-order chi connectivity index (χ1) is 15.5. The van der Waals surface area contributed by atoms with Crippen molar-refractivity contribution in [1.29, 1.82) is 0 Å². The van der Waals surface area contributed by atoms with E-state index in [0.29, 0.717) is 12.8 Å². The van der Waals surface area contributed by atoms with Crippen LogP contribution < -0.4 is 15.4 Å². The van der Waals surface area contributed by atoms with E-state index in [2.05, 4.69) is 40.8 Å². The Morgan fingerprint density at radius 1 is 1.03 bits per heavy atom. The van der Waals surface area contributed by atoms with Crippen LogP contribution in [0.4, 0.5) is 5.69 Å². The summed E-state index contributed by atoms with van der Waals surface area (Å²) in [6.07, 6.45) is 4.60. The highest BCUT2D eigenvalue weighted by atomic mass is 16.7. The van der Waals surface area contributed by atoms with Crippen LogP contribution in [0.25, 0.3) is 0 Å². The summed E-state index contributed by atoms with van der Waals surface area (Å²) in [5, 5.41) is 3.91. The Morgan fingerprint density at radius 3 is 2.25 bits per heavy atom. The number of likely N-dealkylation sites (tertiary alicyclic amines) is 1. The second-order valence-corrected chi connectivity index (χ2v) is 8.89. The third-order valence-corrected chi connectivity index (χ3v) is 6.58. The summed E-state index contributed by atoms with van der Waals surface area (Å²) in [6, 6.07) is 8.36. The largest absolute Gasteiger partial charge is 0.494 e. The van der Waals surface area contributed by atoms with Crippen molar-refractivity contribution in [3.05, 3.63) is 24.3 Å². The lowest BCUT2D eigenvalue weighted by Gasteiger charge is -2.45.